The zero-order valence-corrected chi connectivity index (χ0v) is 9.89. The molecule has 1 aliphatic rings. The van der Waals surface area contributed by atoms with Crippen molar-refractivity contribution in [2.45, 2.75) is 26.2 Å². The first-order chi connectivity index (χ1) is 7.74. The van der Waals surface area contributed by atoms with Crippen molar-refractivity contribution in [1.82, 2.24) is 0 Å². The molecule has 0 bridgehead atoms. The molecule has 1 aromatic rings. The first-order valence-corrected chi connectivity index (χ1v) is 5.94. The maximum Gasteiger partial charge on any atom is 0.120 e. The van der Waals surface area contributed by atoms with E-state index in [1.807, 2.05) is 0 Å². The SMILES string of the molecule is CC(C)[C@@H]1C=Cc2ccccc2[C@H]1CC=O. The molecule has 1 heteroatoms. The van der Waals surface area contributed by atoms with Crippen LogP contribution in [0.25, 0.3) is 6.08 Å². The largest absolute Gasteiger partial charge is 0.303 e. The minimum absolute atomic E-state index is 0.360. The van der Waals surface area contributed by atoms with Crippen LogP contribution in [0.5, 0.6) is 0 Å². The fourth-order valence-corrected chi connectivity index (χ4v) is 2.63. The Hall–Kier alpha value is -1.37. The van der Waals surface area contributed by atoms with Crippen LogP contribution in [0.2, 0.25) is 0 Å². The van der Waals surface area contributed by atoms with Gasteiger partial charge in [-0.1, -0.05) is 50.3 Å². The summed E-state index contributed by atoms with van der Waals surface area (Å²) in [6.07, 6.45) is 6.14. The molecule has 0 saturated carbocycles. The molecule has 0 radical (unpaired) electrons. The number of carbonyl (C=O) groups excluding carboxylic acids is 1. The Morgan fingerprint density at radius 3 is 2.75 bits per heavy atom. The molecule has 2 atom stereocenters. The summed E-state index contributed by atoms with van der Waals surface area (Å²) in [5, 5.41) is 0. The van der Waals surface area contributed by atoms with E-state index in [9.17, 15) is 4.79 Å². The zero-order chi connectivity index (χ0) is 11.5. The molecule has 0 aromatic heterocycles. The predicted octanol–water partition coefficient (Wildman–Crippen LogP) is 3.66. The lowest BCUT2D eigenvalue weighted by Crippen LogP contribution is -2.20. The second-order valence-corrected chi connectivity index (χ2v) is 4.82. The molecule has 1 aromatic carbocycles. The zero-order valence-electron chi connectivity index (χ0n) is 9.89. The van der Waals surface area contributed by atoms with Gasteiger partial charge in [-0.15, -0.1) is 0 Å². The Kier molecular flexibility index (Phi) is 3.23. The van der Waals surface area contributed by atoms with E-state index in [2.05, 4.69) is 50.3 Å². The monoisotopic (exact) mass is 214 g/mol. The number of allylic oxidation sites excluding steroid dienone is 1. The van der Waals surface area contributed by atoms with Gasteiger partial charge in [0, 0.05) is 6.42 Å². The highest BCUT2D eigenvalue weighted by Crippen LogP contribution is 2.39. The fourth-order valence-electron chi connectivity index (χ4n) is 2.63. The van der Waals surface area contributed by atoms with Crippen LogP contribution in [-0.4, -0.2) is 6.29 Å². The summed E-state index contributed by atoms with van der Waals surface area (Å²) in [4.78, 5) is 10.8. The smallest absolute Gasteiger partial charge is 0.120 e. The van der Waals surface area contributed by atoms with Crippen molar-refractivity contribution < 1.29 is 4.79 Å². The molecule has 1 nitrogen and oxygen atoms in total. The quantitative estimate of drug-likeness (QED) is 0.702. The highest BCUT2D eigenvalue weighted by Gasteiger charge is 2.27. The third-order valence-electron chi connectivity index (χ3n) is 3.48. The van der Waals surface area contributed by atoms with Crippen molar-refractivity contribution in [3.63, 3.8) is 0 Å². The van der Waals surface area contributed by atoms with Crippen molar-refractivity contribution >= 4 is 12.4 Å². The number of hydrogen-bond acceptors (Lipinski definition) is 1. The molecule has 0 unspecified atom stereocenters. The van der Waals surface area contributed by atoms with Crippen LogP contribution in [-0.2, 0) is 4.79 Å². The molecule has 0 saturated heterocycles. The molecule has 1 aliphatic carbocycles. The van der Waals surface area contributed by atoms with Crippen LogP contribution in [0.4, 0.5) is 0 Å². The lowest BCUT2D eigenvalue weighted by Gasteiger charge is -2.31. The molecule has 0 spiro atoms. The maximum atomic E-state index is 10.8. The van der Waals surface area contributed by atoms with Gasteiger partial charge in [-0.25, -0.2) is 0 Å². The van der Waals surface area contributed by atoms with Gasteiger partial charge < -0.3 is 4.79 Å². The van der Waals surface area contributed by atoms with Gasteiger partial charge in [0.15, 0.2) is 0 Å². The van der Waals surface area contributed by atoms with Gasteiger partial charge in [0.05, 0.1) is 0 Å². The summed E-state index contributed by atoms with van der Waals surface area (Å²) in [7, 11) is 0. The number of rotatable bonds is 3. The lowest BCUT2D eigenvalue weighted by molar-refractivity contribution is -0.108. The normalized spacial score (nSPS) is 23.2. The number of aldehydes is 1. The van der Waals surface area contributed by atoms with Crippen molar-refractivity contribution in [3.05, 3.63) is 41.5 Å². The van der Waals surface area contributed by atoms with Gasteiger partial charge in [-0.05, 0) is 28.9 Å². The van der Waals surface area contributed by atoms with Gasteiger partial charge in [0.2, 0.25) is 0 Å². The lowest BCUT2D eigenvalue weighted by atomic mass is 9.73. The minimum atomic E-state index is 0.360. The Labute approximate surface area is 97.2 Å². The highest BCUT2D eigenvalue weighted by atomic mass is 16.1. The summed E-state index contributed by atoms with van der Waals surface area (Å²) in [5.41, 5.74) is 2.60. The Morgan fingerprint density at radius 1 is 1.31 bits per heavy atom. The molecular formula is C15H18O. The maximum absolute atomic E-state index is 10.8. The van der Waals surface area contributed by atoms with E-state index < -0.39 is 0 Å². The van der Waals surface area contributed by atoms with Crippen LogP contribution in [0.3, 0.4) is 0 Å². The molecule has 0 amide bonds. The number of hydrogen-bond donors (Lipinski definition) is 0. The Morgan fingerprint density at radius 2 is 2.06 bits per heavy atom. The van der Waals surface area contributed by atoms with Gasteiger partial charge in [-0.2, -0.15) is 0 Å². The summed E-state index contributed by atoms with van der Waals surface area (Å²) >= 11 is 0. The van der Waals surface area contributed by atoms with Crippen molar-refractivity contribution in [2.75, 3.05) is 0 Å². The predicted molar refractivity (Wildman–Crippen MR) is 67.2 cm³/mol. The van der Waals surface area contributed by atoms with E-state index in [1.54, 1.807) is 0 Å². The van der Waals surface area contributed by atoms with Crippen molar-refractivity contribution in [3.8, 4) is 0 Å². The van der Waals surface area contributed by atoms with E-state index >= 15 is 0 Å². The summed E-state index contributed by atoms with van der Waals surface area (Å²) in [6, 6.07) is 8.40. The van der Waals surface area contributed by atoms with E-state index in [0.717, 1.165) is 6.29 Å². The van der Waals surface area contributed by atoms with Crippen LogP contribution in [0.1, 0.15) is 37.3 Å². The molecule has 0 heterocycles. The third kappa shape index (κ3) is 1.95. The average molecular weight is 214 g/mol. The molecule has 84 valence electrons. The van der Waals surface area contributed by atoms with Crippen molar-refractivity contribution in [1.29, 1.82) is 0 Å². The highest BCUT2D eigenvalue weighted by molar-refractivity contribution is 5.61. The minimum Gasteiger partial charge on any atom is -0.303 e. The van der Waals surface area contributed by atoms with Crippen LogP contribution in [0, 0.1) is 11.8 Å². The standard InChI is InChI=1S/C15H18O/c1-11(2)13-8-7-12-5-3-4-6-14(12)15(13)9-10-16/h3-8,10-11,13,15H,9H2,1-2H3/t13-,15-/m0/s1. The van der Waals surface area contributed by atoms with Gasteiger partial charge in [0.1, 0.15) is 6.29 Å². The van der Waals surface area contributed by atoms with E-state index in [4.69, 9.17) is 0 Å². The Balaban J connectivity index is 2.41. The van der Waals surface area contributed by atoms with E-state index in [-0.39, 0.29) is 0 Å². The summed E-state index contributed by atoms with van der Waals surface area (Å²) < 4.78 is 0. The molecule has 16 heavy (non-hydrogen) atoms. The average Bonchev–Trinajstić information content (AvgIpc) is 2.29. The Bertz CT molecular complexity index is 404. The molecule has 0 fully saturated rings. The first kappa shape index (κ1) is 11.1. The third-order valence-corrected chi connectivity index (χ3v) is 3.48. The van der Waals surface area contributed by atoms with E-state index in [0.29, 0.717) is 24.2 Å². The van der Waals surface area contributed by atoms with Crippen LogP contribution >= 0.6 is 0 Å². The van der Waals surface area contributed by atoms with Crippen molar-refractivity contribution in [2.24, 2.45) is 11.8 Å². The molecule has 0 aliphatic heterocycles. The summed E-state index contributed by atoms with van der Waals surface area (Å²) in [5.74, 6) is 1.42. The summed E-state index contributed by atoms with van der Waals surface area (Å²) in [6.45, 7) is 4.45. The molecule has 0 N–H and O–H groups in total. The molecule has 2 rings (SSSR count). The van der Waals surface area contributed by atoms with Crippen LogP contribution < -0.4 is 0 Å². The number of fused-ring (bicyclic) bond motifs is 1. The van der Waals surface area contributed by atoms with E-state index in [1.165, 1.54) is 11.1 Å². The number of carbonyl (C=O) groups is 1. The second kappa shape index (κ2) is 4.65. The van der Waals surface area contributed by atoms with Gasteiger partial charge in [-0.3, -0.25) is 0 Å². The van der Waals surface area contributed by atoms with Gasteiger partial charge in [0.25, 0.3) is 0 Å². The second-order valence-electron chi connectivity index (χ2n) is 4.82. The topological polar surface area (TPSA) is 17.1 Å². The fraction of sp³-hybridized carbons (Fsp3) is 0.400. The number of benzene rings is 1. The van der Waals surface area contributed by atoms with Crippen LogP contribution in [0.15, 0.2) is 30.3 Å². The van der Waals surface area contributed by atoms with Gasteiger partial charge >= 0.3 is 0 Å². The molecular weight excluding hydrogens is 196 g/mol. The first-order valence-electron chi connectivity index (χ1n) is 5.94.